The Kier molecular flexibility index (Phi) is 3.13. The Morgan fingerprint density at radius 2 is 2.27 bits per heavy atom. The minimum atomic E-state index is -0.625. The van der Waals surface area contributed by atoms with Gasteiger partial charge in [-0.1, -0.05) is 13.0 Å². The molecule has 0 N–H and O–H groups in total. The molecule has 1 rings (SSSR count). The molecule has 0 aliphatic rings. The Labute approximate surface area is 86.1 Å². The van der Waals surface area contributed by atoms with Crippen LogP contribution in [-0.4, -0.2) is 11.2 Å². The van der Waals surface area contributed by atoms with E-state index in [1.807, 2.05) is 0 Å². The monoisotopic (exact) mass is 204 g/mol. The predicted octanol–water partition coefficient (Wildman–Crippen LogP) is 1.77. The van der Waals surface area contributed by atoms with Crippen LogP contribution in [0.25, 0.3) is 0 Å². The molecular formula is C10H8N2O3. The normalized spacial score (nSPS) is 11.5. The molecule has 5 heteroatoms. The highest BCUT2D eigenvalue weighted by Crippen LogP contribution is 2.23. The molecular weight excluding hydrogens is 196 g/mol. The molecule has 0 radical (unpaired) electrons. The zero-order chi connectivity index (χ0) is 11.4. The lowest BCUT2D eigenvalue weighted by Crippen LogP contribution is -1.98. The van der Waals surface area contributed by atoms with Gasteiger partial charge in [-0.2, -0.15) is 5.26 Å². The fraction of sp³-hybridized carbons (Fsp3) is 0.200. The maximum Gasteiger partial charge on any atom is 0.287 e. The summed E-state index contributed by atoms with van der Waals surface area (Å²) >= 11 is 0. The van der Waals surface area contributed by atoms with E-state index in [0.29, 0.717) is 11.8 Å². The molecule has 5 nitrogen and oxygen atoms in total. The lowest BCUT2D eigenvalue weighted by molar-refractivity contribution is -0.385. The second-order valence-corrected chi connectivity index (χ2v) is 3.07. The first-order valence-electron chi connectivity index (χ1n) is 4.24. The maximum atomic E-state index is 10.6. The first kappa shape index (κ1) is 10.9. The van der Waals surface area contributed by atoms with Gasteiger partial charge in [-0.3, -0.25) is 10.1 Å². The van der Waals surface area contributed by atoms with Crippen LogP contribution in [-0.2, 0) is 4.79 Å². The molecule has 0 aliphatic heterocycles. The second kappa shape index (κ2) is 4.33. The number of carbonyl (C=O) groups is 1. The van der Waals surface area contributed by atoms with Crippen LogP contribution in [0.15, 0.2) is 18.2 Å². The summed E-state index contributed by atoms with van der Waals surface area (Å²) in [4.78, 5) is 20.5. The molecule has 0 amide bonds. The molecule has 1 atom stereocenters. The number of rotatable bonds is 3. The van der Waals surface area contributed by atoms with Gasteiger partial charge in [-0.15, -0.1) is 0 Å². The van der Waals surface area contributed by atoms with E-state index in [-0.39, 0.29) is 11.3 Å². The zero-order valence-corrected chi connectivity index (χ0v) is 8.01. The number of carbonyl (C=O) groups excluding carboxylic acids is 1. The van der Waals surface area contributed by atoms with Crippen LogP contribution in [0.2, 0.25) is 0 Å². The van der Waals surface area contributed by atoms with Crippen molar-refractivity contribution in [2.24, 2.45) is 0 Å². The molecule has 1 aromatic carbocycles. The van der Waals surface area contributed by atoms with Crippen molar-refractivity contribution < 1.29 is 9.72 Å². The van der Waals surface area contributed by atoms with E-state index in [9.17, 15) is 14.9 Å². The van der Waals surface area contributed by atoms with Crippen molar-refractivity contribution in [1.29, 1.82) is 5.26 Å². The number of hydrogen-bond acceptors (Lipinski definition) is 4. The summed E-state index contributed by atoms with van der Waals surface area (Å²) in [5.41, 5.74) is 0.279. The van der Waals surface area contributed by atoms with Crippen molar-refractivity contribution in [2.75, 3.05) is 0 Å². The molecule has 0 saturated carbocycles. The summed E-state index contributed by atoms with van der Waals surface area (Å²) in [7, 11) is 0. The highest BCUT2D eigenvalue weighted by atomic mass is 16.6. The molecule has 15 heavy (non-hydrogen) atoms. The highest BCUT2D eigenvalue weighted by molar-refractivity contribution is 5.63. The molecule has 0 bridgehead atoms. The molecule has 1 aromatic rings. The Morgan fingerprint density at radius 3 is 2.73 bits per heavy atom. The van der Waals surface area contributed by atoms with E-state index in [1.54, 1.807) is 19.1 Å². The molecule has 76 valence electrons. The Balaban J connectivity index is 3.29. The fourth-order valence-corrected chi connectivity index (χ4v) is 1.16. The smallest absolute Gasteiger partial charge is 0.287 e. The summed E-state index contributed by atoms with van der Waals surface area (Å²) in [5, 5.41) is 19.2. The van der Waals surface area contributed by atoms with E-state index < -0.39 is 10.8 Å². The summed E-state index contributed by atoms with van der Waals surface area (Å²) in [6.07, 6.45) is 0.700. The number of hydrogen-bond donors (Lipinski definition) is 0. The number of aldehydes is 1. The van der Waals surface area contributed by atoms with Crippen LogP contribution in [0.5, 0.6) is 0 Å². The third kappa shape index (κ3) is 2.17. The van der Waals surface area contributed by atoms with Crippen molar-refractivity contribution in [3.63, 3.8) is 0 Å². The SMILES string of the molecule is CC(C=O)c1ccc(C#N)c([N+](=O)[O-])c1. The standard InChI is InChI=1S/C10H8N2O3/c1-7(6-13)8-2-3-9(5-11)10(4-8)12(14)15/h2-4,6-7H,1H3. The van der Waals surface area contributed by atoms with Crippen LogP contribution >= 0.6 is 0 Å². The Morgan fingerprint density at radius 1 is 1.60 bits per heavy atom. The third-order valence-electron chi connectivity index (χ3n) is 2.07. The highest BCUT2D eigenvalue weighted by Gasteiger charge is 2.16. The molecule has 0 spiro atoms. The van der Waals surface area contributed by atoms with E-state index in [2.05, 4.69) is 0 Å². The van der Waals surface area contributed by atoms with Crippen LogP contribution in [0.3, 0.4) is 0 Å². The van der Waals surface area contributed by atoms with Gasteiger partial charge in [0.15, 0.2) is 0 Å². The minimum Gasteiger partial charge on any atom is -0.303 e. The van der Waals surface area contributed by atoms with E-state index in [0.717, 1.165) is 0 Å². The number of benzene rings is 1. The lowest BCUT2D eigenvalue weighted by atomic mass is 10.0. The van der Waals surface area contributed by atoms with Gasteiger partial charge in [-0.25, -0.2) is 0 Å². The van der Waals surface area contributed by atoms with Gasteiger partial charge < -0.3 is 4.79 Å². The van der Waals surface area contributed by atoms with E-state index in [1.165, 1.54) is 12.1 Å². The van der Waals surface area contributed by atoms with Gasteiger partial charge in [-0.05, 0) is 11.6 Å². The predicted molar refractivity (Wildman–Crippen MR) is 52.3 cm³/mol. The summed E-state index contributed by atoms with van der Waals surface area (Å²) in [6.45, 7) is 1.64. The largest absolute Gasteiger partial charge is 0.303 e. The van der Waals surface area contributed by atoms with Crippen molar-refractivity contribution in [3.8, 4) is 6.07 Å². The molecule has 0 aliphatic carbocycles. The average Bonchev–Trinajstić information content (AvgIpc) is 2.27. The van der Waals surface area contributed by atoms with Crippen LogP contribution in [0.4, 0.5) is 5.69 Å². The van der Waals surface area contributed by atoms with Gasteiger partial charge in [0.05, 0.1) is 4.92 Å². The number of nitrogens with zero attached hydrogens (tertiary/aromatic N) is 2. The fourth-order valence-electron chi connectivity index (χ4n) is 1.16. The molecule has 0 fully saturated rings. The minimum absolute atomic E-state index is 0.00171. The summed E-state index contributed by atoms with van der Waals surface area (Å²) in [6, 6.07) is 5.89. The number of nitro benzene ring substituents is 1. The van der Waals surface area contributed by atoms with E-state index in [4.69, 9.17) is 5.26 Å². The molecule has 1 unspecified atom stereocenters. The molecule has 0 aromatic heterocycles. The molecule has 0 heterocycles. The topological polar surface area (TPSA) is 84.0 Å². The quantitative estimate of drug-likeness (QED) is 0.426. The third-order valence-corrected chi connectivity index (χ3v) is 2.07. The van der Waals surface area contributed by atoms with Crippen molar-refractivity contribution in [2.45, 2.75) is 12.8 Å². The van der Waals surface area contributed by atoms with Gasteiger partial charge in [0.2, 0.25) is 0 Å². The summed E-state index contributed by atoms with van der Waals surface area (Å²) in [5.74, 6) is -0.406. The maximum absolute atomic E-state index is 10.6. The number of nitro groups is 1. The van der Waals surface area contributed by atoms with Gasteiger partial charge >= 0.3 is 0 Å². The molecule has 0 saturated heterocycles. The van der Waals surface area contributed by atoms with Crippen LogP contribution in [0.1, 0.15) is 24.0 Å². The lowest BCUT2D eigenvalue weighted by Gasteiger charge is -2.03. The van der Waals surface area contributed by atoms with Crippen LogP contribution in [0, 0.1) is 21.4 Å². The number of nitriles is 1. The average molecular weight is 204 g/mol. The Hall–Kier alpha value is -2.22. The van der Waals surface area contributed by atoms with Gasteiger partial charge in [0.25, 0.3) is 5.69 Å². The first-order chi connectivity index (χ1) is 7.10. The van der Waals surface area contributed by atoms with Crippen molar-refractivity contribution in [1.82, 2.24) is 0 Å². The Bertz CT molecular complexity index is 448. The van der Waals surface area contributed by atoms with E-state index >= 15 is 0 Å². The first-order valence-corrected chi connectivity index (χ1v) is 4.24. The van der Waals surface area contributed by atoms with Crippen molar-refractivity contribution >= 4 is 12.0 Å². The zero-order valence-electron chi connectivity index (χ0n) is 8.01. The van der Waals surface area contributed by atoms with Gasteiger partial charge in [0, 0.05) is 12.0 Å². The van der Waals surface area contributed by atoms with Crippen molar-refractivity contribution in [3.05, 3.63) is 39.4 Å². The van der Waals surface area contributed by atoms with Gasteiger partial charge in [0.1, 0.15) is 17.9 Å². The summed E-state index contributed by atoms with van der Waals surface area (Å²) < 4.78 is 0. The second-order valence-electron chi connectivity index (χ2n) is 3.07. The van der Waals surface area contributed by atoms with Crippen LogP contribution < -0.4 is 0 Å².